The topological polar surface area (TPSA) is 30.2 Å². The summed E-state index contributed by atoms with van der Waals surface area (Å²) in [6.45, 7) is 1.98. The van der Waals surface area contributed by atoms with E-state index < -0.39 is 0 Å². The van der Waals surface area contributed by atoms with Crippen LogP contribution < -0.4 is 5.63 Å². The highest BCUT2D eigenvalue weighted by atomic mass is 16.4. The molecule has 4 aromatic rings. The zero-order chi connectivity index (χ0) is 15.8. The van der Waals surface area contributed by atoms with Crippen molar-refractivity contribution in [1.82, 2.24) is 0 Å². The molecule has 0 saturated carbocycles. The van der Waals surface area contributed by atoms with Gasteiger partial charge in [0.1, 0.15) is 5.58 Å². The number of hydrogen-bond acceptors (Lipinski definition) is 2. The predicted octanol–water partition coefficient (Wildman–Crippen LogP) is 4.85. The zero-order valence-corrected chi connectivity index (χ0v) is 12.9. The molecule has 1 heterocycles. The number of hydrogen-bond donors (Lipinski definition) is 0. The molecular weight excluding hydrogens is 284 g/mol. The first-order valence-electron chi connectivity index (χ1n) is 7.71. The lowest BCUT2D eigenvalue weighted by Gasteiger charge is -2.08. The van der Waals surface area contributed by atoms with E-state index in [0.29, 0.717) is 17.6 Å². The number of benzene rings is 3. The van der Waals surface area contributed by atoms with E-state index in [1.165, 1.54) is 0 Å². The Hall–Kier alpha value is -2.87. The van der Waals surface area contributed by atoms with Crippen LogP contribution in [0, 0.1) is 6.92 Å². The standard InChI is InChI=1S/C21H16O2/c1-14-11-16-9-5-6-10-18(16)19-13-17(21(22)23-20(14)19)12-15-7-3-2-4-8-15/h2-11,13H,12H2,1H3. The van der Waals surface area contributed by atoms with Crippen LogP contribution in [-0.2, 0) is 6.42 Å². The summed E-state index contributed by atoms with van der Waals surface area (Å²) in [6, 6.07) is 22.2. The van der Waals surface area contributed by atoms with Gasteiger partial charge in [-0.15, -0.1) is 0 Å². The van der Waals surface area contributed by atoms with Gasteiger partial charge in [0.15, 0.2) is 0 Å². The Morgan fingerprint density at radius 1 is 0.870 bits per heavy atom. The third-order valence-electron chi connectivity index (χ3n) is 4.24. The molecule has 0 amide bonds. The van der Waals surface area contributed by atoms with Gasteiger partial charge in [-0.3, -0.25) is 0 Å². The van der Waals surface area contributed by atoms with Crippen molar-refractivity contribution in [3.63, 3.8) is 0 Å². The van der Waals surface area contributed by atoms with Gasteiger partial charge in [-0.1, -0.05) is 54.6 Å². The number of aryl methyl sites for hydroxylation is 1. The molecule has 3 aromatic carbocycles. The number of rotatable bonds is 2. The summed E-state index contributed by atoms with van der Waals surface area (Å²) in [5, 5.41) is 3.29. The van der Waals surface area contributed by atoms with Gasteiger partial charge in [-0.25, -0.2) is 4.79 Å². The monoisotopic (exact) mass is 300 g/mol. The maximum Gasteiger partial charge on any atom is 0.339 e. The van der Waals surface area contributed by atoms with Gasteiger partial charge in [-0.2, -0.15) is 0 Å². The molecule has 0 aliphatic heterocycles. The minimum atomic E-state index is -0.250. The summed E-state index contributed by atoms with van der Waals surface area (Å²) in [6.07, 6.45) is 0.585. The van der Waals surface area contributed by atoms with Crippen LogP contribution in [0.5, 0.6) is 0 Å². The van der Waals surface area contributed by atoms with Crippen molar-refractivity contribution >= 4 is 21.7 Å². The molecule has 23 heavy (non-hydrogen) atoms. The molecule has 112 valence electrons. The summed E-state index contributed by atoms with van der Waals surface area (Å²) in [5.41, 5.74) is 3.22. The Balaban J connectivity index is 1.98. The Kier molecular flexibility index (Phi) is 3.23. The van der Waals surface area contributed by atoms with Crippen molar-refractivity contribution in [3.8, 4) is 0 Å². The molecule has 2 nitrogen and oxygen atoms in total. The van der Waals surface area contributed by atoms with E-state index in [4.69, 9.17) is 4.42 Å². The van der Waals surface area contributed by atoms with E-state index in [1.807, 2.05) is 55.5 Å². The molecular formula is C21H16O2. The lowest BCUT2D eigenvalue weighted by molar-refractivity contribution is 0.550. The largest absolute Gasteiger partial charge is 0.422 e. The van der Waals surface area contributed by atoms with E-state index in [2.05, 4.69) is 18.2 Å². The molecule has 0 spiro atoms. The van der Waals surface area contributed by atoms with Crippen LogP contribution in [0.15, 0.2) is 75.9 Å². The first-order chi connectivity index (χ1) is 11.2. The van der Waals surface area contributed by atoms with Crippen LogP contribution in [0.4, 0.5) is 0 Å². The van der Waals surface area contributed by atoms with Crippen LogP contribution in [0.25, 0.3) is 21.7 Å². The van der Waals surface area contributed by atoms with Crippen molar-refractivity contribution in [3.05, 3.63) is 93.8 Å². The molecule has 0 atom stereocenters. The second-order valence-corrected chi connectivity index (χ2v) is 5.88. The van der Waals surface area contributed by atoms with Crippen LogP contribution in [-0.4, -0.2) is 0 Å². The molecule has 0 bridgehead atoms. The van der Waals surface area contributed by atoms with Crippen molar-refractivity contribution < 1.29 is 4.42 Å². The van der Waals surface area contributed by atoms with Crippen LogP contribution in [0.1, 0.15) is 16.7 Å². The van der Waals surface area contributed by atoms with Crippen LogP contribution in [0.2, 0.25) is 0 Å². The molecule has 0 N–H and O–H groups in total. The zero-order valence-electron chi connectivity index (χ0n) is 12.9. The van der Waals surface area contributed by atoms with Gasteiger partial charge < -0.3 is 4.42 Å². The van der Waals surface area contributed by atoms with E-state index >= 15 is 0 Å². The van der Waals surface area contributed by atoms with Crippen molar-refractivity contribution in [2.24, 2.45) is 0 Å². The maximum atomic E-state index is 12.4. The Bertz CT molecular complexity index is 1060. The van der Waals surface area contributed by atoms with Gasteiger partial charge >= 0.3 is 5.63 Å². The summed E-state index contributed by atoms with van der Waals surface area (Å²) in [7, 11) is 0. The highest BCUT2D eigenvalue weighted by molar-refractivity contribution is 6.06. The SMILES string of the molecule is Cc1cc2ccccc2c2cc(Cc3ccccc3)c(=O)oc12. The molecule has 0 aliphatic carbocycles. The summed E-state index contributed by atoms with van der Waals surface area (Å²) >= 11 is 0. The lowest BCUT2D eigenvalue weighted by atomic mass is 9.99. The highest BCUT2D eigenvalue weighted by Crippen LogP contribution is 2.28. The second-order valence-electron chi connectivity index (χ2n) is 5.88. The fourth-order valence-electron chi connectivity index (χ4n) is 3.11. The van der Waals surface area contributed by atoms with E-state index in [0.717, 1.165) is 27.3 Å². The average Bonchev–Trinajstić information content (AvgIpc) is 2.57. The average molecular weight is 300 g/mol. The minimum Gasteiger partial charge on any atom is -0.422 e. The smallest absolute Gasteiger partial charge is 0.339 e. The molecule has 0 radical (unpaired) electrons. The van der Waals surface area contributed by atoms with E-state index in [9.17, 15) is 4.79 Å². The Morgan fingerprint density at radius 3 is 2.43 bits per heavy atom. The molecule has 4 rings (SSSR count). The normalized spacial score (nSPS) is 11.2. The molecule has 0 saturated heterocycles. The fourth-order valence-corrected chi connectivity index (χ4v) is 3.11. The molecule has 0 fully saturated rings. The third-order valence-corrected chi connectivity index (χ3v) is 4.24. The third kappa shape index (κ3) is 2.42. The molecule has 0 aliphatic rings. The van der Waals surface area contributed by atoms with E-state index in [1.54, 1.807) is 0 Å². The second kappa shape index (κ2) is 5.40. The van der Waals surface area contributed by atoms with Gasteiger partial charge in [0.25, 0.3) is 0 Å². The van der Waals surface area contributed by atoms with Crippen LogP contribution >= 0.6 is 0 Å². The van der Waals surface area contributed by atoms with Gasteiger partial charge in [-0.05, 0) is 41.0 Å². The van der Waals surface area contributed by atoms with Crippen molar-refractivity contribution in [1.29, 1.82) is 0 Å². The lowest BCUT2D eigenvalue weighted by Crippen LogP contribution is -2.08. The van der Waals surface area contributed by atoms with Gasteiger partial charge in [0, 0.05) is 17.4 Å². The van der Waals surface area contributed by atoms with Gasteiger partial charge in [0.05, 0.1) is 0 Å². The number of fused-ring (bicyclic) bond motifs is 3. The van der Waals surface area contributed by atoms with E-state index in [-0.39, 0.29) is 5.63 Å². The Morgan fingerprint density at radius 2 is 1.61 bits per heavy atom. The minimum absolute atomic E-state index is 0.250. The Labute approximate surface area is 134 Å². The van der Waals surface area contributed by atoms with Crippen molar-refractivity contribution in [2.75, 3.05) is 0 Å². The van der Waals surface area contributed by atoms with Crippen LogP contribution in [0.3, 0.4) is 0 Å². The highest BCUT2D eigenvalue weighted by Gasteiger charge is 2.11. The molecule has 1 aromatic heterocycles. The maximum absolute atomic E-state index is 12.4. The quantitative estimate of drug-likeness (QED) is 0.391. The molecule has 0 unspecified atom stereocenters. The fraction of sp³-hybridized carbons (Fsp3) is 0.0952. The molecule has 2 heteroatoms. The first-order valence-corrected chi connectivity index (χ1v) is 7.71. The first kappa shape index (κ1) is 13.8. The van der Waals surface area contributed by atoms with Crippen molar-refractivity contribution in [2.45, 2.75) is 13.3 Å². The predicted molar refractivity (Wildman–Crippen MR) is 94.0 cm³/mol. The summed E-state index contributed by atoms with van der Waals surface area (Å²) < 4.78 is 5.65. The van der Waals surface area contributed by atoms with Gasteiger partial charge in [0.2, 0.25) is 0 Å². The summed E-state index contributed by atoms with van der Waals surface area (Å²) in [5.74, 6) is 0. The summed E-state index contributed by atoms with van der Waals surface area (Å²) in [4.78, 5) is 12.4.